The molecule has 0 saturated carbocycles. The predicted molar refractivity (Wildman–Crippen MR) is 105 cm³/mol. The summed E-state index contributed by atoms with van der Waals surface area (Å²) in [5, 5.41) is 0. The molecule has 0 radical (unpaired) electrons. The molecule has 9 nitrogen and oxygen atoms in total. The van der Waals surface area contributed by atoms with E-state index >= 15 is 0 Å². The number of hydrogen-bond donors (Lipinski definition) is 1. The molecule has 1 aliphatic heterocycles. The number of fused-ring (bicyclic) bond motifs is 1. The number of benzene rings is 2. The van der Waals surface area contributed by atoms with Gasteiger partial charge in [-0.3, -0.25) is 9.59 Å². The monoisotopic (exact) mass is 414 g/mol. The summed E-state index contributed by atoms with van der Waals surface area (Å²) >= 11 is 0. The fourth-order valence-corrected chi connectivity index (χ4v) is 2.71. The molecule has 158 valence electrons. The van der Waals surface area contributed by atoms with Crippen molar-refractivity contribution < 1.29 is 33.3 Å². The van der Waals surface area contributed by atoms with Crippen LogP contribution in [0.15, 0.2) is 42.5 Å². The van der Waals surface area contributed by atoms with E-state index in [0.717, 1.165) is 5.56 Å². The third kappa shape index (κ3) is 5.63. The van der Waals surface area contributed by atoms with Gasteiger partial charge in [0.15, 0.2) is 24.7 Å². The van der Waals surface area contributed by atoms with Gasteiger partial charge in [-0.2, -0.15) is 0 Å². The van der Waals surface area contributed by atoms with Crippen LogP contribution >= 0.6 is 0 Å². The van der Waals surface area contributed by atoms with Crippen LogP contribution in [0, 0.1) is 0 Å². The van der Waals surface area contributed by atoms with E-state index in [0.29, 0.717) is 37.0 Å². The van der Waals surface area contributed by atoms with E-state index in [9.17, 15) is 14.4 Å². The quantitative estimate of drug-likeness (QED) is 0.644. The molecule has 0 bridgehead atoms. The lowest BCUT2D eigenvalue weighted by atomic mass is 10.2. The molecule has 0 fully saturated rings. The van der Waals surface area contributed by atoms with Crippen molar-refractivity contribution in [3.05, 3.63) is 53.6 Å². The van der Waals surface area contributed by atoms with Crippen molar-refractivity contribution in [3.63, 3.8) is 0 Å². The van der Waals surface area contributed by atoms with E-state index in [1.165, 1.54) is 29.2 Å². The molecule has 0 atom stereocenters. The highest BCUT2D eigenvalue weighted by Crippen LogP contribution is 2.31. The second kappa shape index (κ2) is 9.64. The van der Waals surface area contributed by atoms with Crippen molar-refractivity contribution in [1.29, 1.82) is 0 Å². The van der Waals surface area contributed by atoms with Crippen molar-refractivity contribution >= 4 is 17.8 Å². The summed E-state index contributed by atoms with van der Waals surface area (Å²) in [6.45, 7) is 0.686. The number of nitrogens with zero attached hydrogens (tertiary/aromatic N) is 1. The zero-order valence-corrected chi connectivity index (χ0v) is 16.5. The van der Waals surface area contributed by atoms with Crippen LogP contribution in [0.3, 0.4) is 0 Å². The van der Waals surface area contributed by atoms with Gasteiger partial charge >= 0.3 is 5.97 Å². The highest BCUT2D eigenvalue weighted by atomic mass is 16.6. The van der Waals surface area contributed by atoms with Gasteiger partial charge in [-0.15, -0.1) is 0 Å². The van der Waals surface area contributed by atoms with E-state index in [1.54, 1.807) is 13.1 Å². The Hall–Kier alpha value is -3.75. The SMILES string of the molecule is CN(Cc1ccc2c(c1)OCCO2)C(=O)COC(=O)c1ccc(OCC(N)=O)cc1. The second-order valence-electron chi connectivity index (χ2n) is 6.58. The molecule has 2 aromatic rings. The normalized spacial score (nSPS) is 12.0. The lowest BCUT2D eigenvalue weighted by molar-refractivity contribution is -0.133. The molecule has 2 aromatic carbocycles. The van der Waals surface area contributed by atoms with Crippen LogP contribution in [0.25, 0.3) is 0 Å². The molecule has 1 aliphatic rings. The van der Waals surface area contributed by atoms with Gasteiger partial charge < -0.3 is 29.6 Å². The van der Waals surface area contributed by atoms with Crippen molar-refractivity contribution in [1.82, 2.24) is 4.90 Å². The summed E-state index contributed by atoms with van der Waals surface area (Å²) in [5.41, 5.74) is 6.13. The van der Waals surface area contributed by atoms with Crippen LogP contribution in [-0.2, 0) is 20.9 Å². The third-order valence-electron chi connectivity index (χ3n) is 4.25. The smallest absolute Gasteiger partial charge is 0.338 e. The van der Waals surface area contributed by atoms with E-state index in [1.807, 2.05) is 12.1 Å². The summed E-state index contributed by atoms with van der Waals surface area (Å²) in [6.07, 6.45) is 0. The fourth-order valence-electron chi connectivity index (χ4n) is 2.71. The van der Waals surface area contributed by atoms with Crippen molar-refractivity contribution in [2.24, 2.45) is 5.73 Å². The lowest BCUT2D eigenvalue weighted by Gasteiger charge is -2.21. The molecule has 1 heterocycles. The molecule has 0 unspecified atom stereocenters. The zero-order chi connectivity index (χ0) is 21.5. The number of rotatable bonds is 8. The molecule has 0 aromatic heterocycles. The van der Waals surface area contributed by atoms with Crippen LogP contribution < -0.4 is 19.9 Å². The molecule has 2 amide bonds. The standard InChI is InChI=1S/C21H22N2O7/c1-23(11-14-2-7-17-18(10-14)28-9-8-27-17)20(25)13-30-21(26)15-3-5-16(6-4-15)29-12-19(22)24/h2-7,10H,8-9,11-13H2,1H3,(H2,22,24). The van der Waals surface area contributed by atoms with Crippen LogP contribution in [-0.4, -0.2) is 56.2 Å². The first-order valence-electron chi connectivity index (χ1n) is 9.23. The molecule has 0 spiro atoms. The minimum atomic E-state index is -0.641. The Labute approximate surface area is 173 Å². The maximum absolute atomic E-state index is 12.3. The average molecular weight is 414 g/mol. The number of carbonyl (C=O) groups is 3. The molecule has 3 rings (SSSR count). The average Bonchev–Trinajstić information content (AvgIpc) is 2.76. The molecule has 0 saturated heterocycles. The highest BCUT2D eigenvalue weighted by Gasteiger charge is 2.16. The van der Waals surface area contributed by atoms with Crippen LogP contribution in [0.5, 0.6) is 17.2 Å². The van der Waals surface area contributed by atoms with Gasteiger partial charge in [-0.1, -0.05) is 6.07 Å². The Morgan fingerprint density at radius 2 is 1.70 bits per heavy atom. The number of nitrogens with two attached hydrogens (primary N) is 1. The first-order chi connectivity index (χ1) is 14.4. The highest BCUT2D eigenvalue weighted by molar-refractivity contribution is 5.91. The van der Waals surface area contributed by atoms with E-state index < -0.39 is 11.9 Å². The maximum atomic E-state index is 12.3. The van der Waals surface area contributed by atoms with Crippen LogP contribution in [0.4, 0.5) is 0 Å². The van der Waals surface area contributed by atoms with Crippen LogP contribution in [0.1, 0.15) is 15.9 Å². The topological polar surface area (TPSA) is 117 Å². The fraction of sp³-hybridized carbons (Fsp3) is 0.286. The molecular formula is C21H22N2O7. The lowest BCUT2D eigenvalue weighted by Crippen LogP contribution is -2.30. The number of ether oxygens (including phenoxy) is 4. The number of likely N-dealkylation sites (N-methyl/N-ethyl adjacent to an activating group) is 1. The summed E-state index contributed by atoms with van der Waals surface area (Å²) in [4.78, 5) is 36.6. The summed E-state index contributed by atoms with van der Waals surface area (Å²) < 4.78 is 21.2. The molecular weight excluding hydrogens is 392 g/mol. The first-order valence-corrected chi connectivity index (χ1v) is 9.23. The zero-order valence-electron chi connectivity index (χ0n) is 16.5. The van der Waals surface area contributed by atoms with E-state index in [2.05, 4.69) is 0 Å². The van der Waals surface area contributed by atoms with Gasteiger partial charge in [0.2, 0.25) is 0 Å². The number of primary amides is 1. The predicted octanol–water partition coefficient (Wildman–Crippen LogP) is 1.14. The Bertz CT molecular complexity index is 927. The van der Waals surface area contributed by atoms with Gasteiger partial charge in [-0.25, -0.2) is 4.79 Å². The molecule has 0 aliphatic carbocycles. The Kier molecular flexibility index (Phi) is 6.74. The minimum Gasteiger partial charge on any atom is -0.486 e. The van der Waals surface area contributed by atoms with E-state index in [4.69, 9.17) is 24.7 Å². The third-order valence-corrected chi connectivity index (χ3v) is 4.25. The second-order valence-corrected chi connectivity index (χ2v) is 6.58. The molecule has 9 heteroatoms. The number of esters is 1. The number of hydrogen-bond acceptors (Lipinski definition) is 7. The Morgan fingerprint density at radius 3 is 2.40 bits per heavy atom. The number of amides is 2. The van der Waals surface area contributed by atoms with Crippen molar-refractivity contribution in [3.8, 4) is 17.2 Å². The Morgan fingerprint density at radius 1 is 1.00 bits per heavy atom. The molecule has 30 heavy (non-hydrogen) atoms. The van der Waals surface area contributed by atoms with Gasteiger partial charge in [0.05, 0.1) is 5.56 Å². The first kappa shape index (κ1) is 21.0. The van der Waals surface area contributed by atoms with Gasteiger partial charge in [-0.05, 0) is 42.0 Å². The van der Waals surface area contributed by atoms with Crippen molar-refractivity contribution in [2.45, 2.75) is 6.54 Å². The van der Waals surface area contributed by atoms with Crippen molar-refractivity contribution in [2.75, 3.05) is 33.5 Å². The summed E-state index contributed by atoms with van der Waals surface area (Å²) in [5.74, 6) is 0.128. The van der Waals surface area contributed by atoms with Gasteiger partial charge in [0, 0.05) is 13.6 Å². The summed E-state index contributed by atoms with van der Waals surface area (Å²) in [6, 6.07) is 11.4. The summed E-state index contributed by atoms with van der Waals surface area (Å²) in [7, 11) is 1.62. The number of carbonyl (C=O) groups excluding carboxylic acids is 3. The maximum Gasteiger partial charge on any atom is 0.338 e. The Balaban J connectivity index is 1.48. The molecule has 2 N–H and O–H groups in total. The van der Waals surface area contributed by atoms with Crippen LogP contribution in [0.2, 0.25) is 0 Å². The van der Waals surface area contributed by atoms with E-state index in [-0.39, 0.29) is 24.7 Å². The largest absolute Gasteiger partial charge is 0.486 e. The van der Waals surface area contributed by atoms with Gasteiger partial charge in [0.1, 0.15) is 19.0 Å². The minimum absolute atomic E-state index is 0.253. The van der Waals surface area contributed by atoms with Gasteiger partial charge in [0.25, 0.3) is 11.8 Å².